The quantitative estimate of drug-likeness (QED) is 0.172. The van der Waals surface area contributed by atoms with Gasteiger partial charge in [0.05, 0.1) is 44.0 Å². The second kappa shape index (κ2) is 9.75. The van der Waals surface area contributed by atoms with Crippen molar-refractivity contribution in [3.8, 4) is 17.1 Å². The van der Waals surface area contributed by atoms with Crippen LogP contribution in [-0.2, 0) is 0 Å². The number of hydrogen-bond acceptors (Lipinski definition) is 3. The van der Waals surface area contributed by atoms with E-state index >= 15 is 0 Å². The first-order chi connectivity index (χ1) is 26.3. The molecule has 5 nitrogen and oxygen atoms in total. The molecular formula is C48H26N4O. The van der Waals surface area contributed by atoms with E-state index in [4.69, 9.17) is 14.4 Å². The molecule has 0 spiro atoms. The van der Waals surface area contributed by atoms with Crippen LogP contribution in [0.3, 0.4) is 0 Å². The molecule has 5 aromatic heterocycles. The van der Waals surface area contributed by atoms with E-state index in [9.17, 15) is 0 Å². The minimum absolute atomic E-state index is 0.815. The molecule has 0 N–H and O–H groups in total. The maximum atomic E-state index is 6.67. The summed E-state index contributed by atoms with van der Waals surface area (Å²) in [6, 6.07) is 56.1. The zero-order valence-corrected chi connectivity index (χ0v) is 28.2. The van der Waals surface area contributed by atoms with Gasteiger partial charge in [0.15, 0.2) is 5.82 Å². The second-order valence-electron chi connectivity index (χ2n) is 14.1. The lowest BCUT2D eigenvalue weighted by Crippen LogP contribution is -2.04. The number of rotatable bonds is 2. The number of furan rings is 1. The number of nitrogens with zero attached hydrogens (tertiary/aromatic N) is 4. The van der Waals surface area contributed by atoms with Crippen molar-refractivity contribution in [1.29, 1.82) is 0 Å². The van der Waals surface area contributed by atoms with Gasteiger partial charge in [-0.15, -0.1) is 0 Å². The van der Waals surface area contributed by atoms with Gasteiger partial charge in [0, 0.05) is 43.3 Å². The molecule has 0 aliphatic heterocycles. The largest absolute Gasteiger partial charge is 0.455 e. The second-order valence-corrected chi connectivity index (χ2v) is 14.1. The van der Waals surface area contributed by atoms with Crippen LogP contribution >= 0.6 is 0 Å². The Bertz CT molecular complexity index is 3680. The highest BCUT2D eigenvalue weighted by Crippen LogP contribution is 2.47. The fourth-order valence-corrected chi connectivity index (χ4v) is 9.25. The molecule has 13 aromatic rings. The van der Waals surface area contributed by atoms with Crippen LogP contribution in [0, 0.1) is 0 Å². The molecular weight excluding hydrogens is 649 g/mol. The maximum absolute atomic E-state index is 6.67. The zero-order chi connectivity index (χ0) is 34.4. The van der Waals surface area contributed by atoms with Crippen molar-refractivity contribution in [3.05, 3.63) is 158 Å². The Balaban J connectivity index is 1.26. The van der Waals surface area contributed by atoms with Crippen LogP contribution in [0.15, 0.2) is 162 Å². The summed E-state index contributed by atoms with van der Waals surface area (Å²) in [7, 11) is 0. The highest BCUT2D eigenvalue weighted by Gasteiger charge is 2.25. The van der Waals surface area contributed by atoms with Crippen LogP contribution in [0.1, 0.15) is 0 Å². The lowest BCUT2D eigenvalue weighted by atomic mass is 10.0. The Hall–Kier alpha value is -7.24. The minimum atomic E-state index is 0.815. The third-order valence-electron chi connectivity index (χ3n) is 11.4. The van der Waals surface area contributed by atoms with E-state index in [0.717, 1.165) is 88.3 Å². The smallest absolute Gasteiger partial charge is 0.165 e. The van der Waals surface area contributed by atoms with Gasteiger partial charge < -0.3 is 8.82 Å². The predicted molar refractivity (Wildman–Crippen MR) is 219 cm³/mol. The monoisotopic (exact) mass is 674 g/mol. The fraction of sp³-hybridized carbons (Fsp3) is 0. The van der Waals surface area contributed by atoms with Gasteiger partial charge in [0.25, 0.3) is 0 Å². The zero-order valence-electron chi connectivity index (χ0n) is 28.2. The average Bonchev–Trinajstić information content (AvgIpc) is 3.85. The Labute approximate surface area is 300 Å². The highest BCUT2D eigenvalue weighted by molar-refractivity contribution is 6.33. The van der Waals surface area contributed by atoms with Gasteiger partial charge in [0.2, 0.25) is 0 Å². The summed E-state index contributed by atoms with van der Waals surface area (Å²) < 4.78 is 11.5. The van der Waals surface area contributed by atoms with Gasteiger partial charge >= 0.3 is 0 Å². The molecule has 0 aliphatic rings. The standard InChI is InChI=1S/C48H26N4O/c1-2-12-28(13-3-1)44-48(50-45-29-14-5-4-11-27(29)23-25-35(45)49-44)52-36-19-9-16-31-32-17-8-18-34-42-39(26-24-33-30-15-6-7-22-40(30)53-47(33)42)51(46(32)34)37-20-10-21-38(52)43(37)41(31)36/h1-26H. The third-order valence-corrected chi connectivity index (χ3v) is 11.4. The van der Waals surface area contributed by atoms with Crippen LogP contribution in [0.25, 0.3) is 121 Å². The highest BCUT2D eigenvalue weighted by atomic mass is 16.3. The van der Waals surface area contributed by atoms with Crippen molar-refractivity contribution in [2.45, 2.75) is 0 Å². The van der Waals surface area contributed by atoms with Gasteiger partial charge in [-0.2, -0.15) is 0 Å². The van der Waals surface area contributed by atoms with Crippen molar-refractivity contribution in [2.75, 3.05) is 0 Å². The third kappa shape index (κ3) is 3.42. The van der Waals surface area contributed by atoms with E-state index in [1.165, 1.54) is 32.4 Å². The summed E-state index contributed by atoms with van der Waals surface area (Å²) in [6.45, 7) is 0. The van der Waals surface area contributed by atoms with Crippen LogP contribution in [-0.4, -0.2) is 18.9 Å². The summed E-state index contributed by atoms with van der Waals surface area (Å²) in [5.41, 5.74) is 11.1. The van der Waals surface area contributed by atoms with Crippen LogP contribution < -0.4 is 0 Å². The molecule has 0 atom stereocenters. The Kier molecular flexibility index (Phi) is 5.06. The van der Waals surface area contributed by atoms with E-state index in [0.29, 0.717) is 0 Å². The maximum Gasteiger partial charge on any atom is 0.165 e. The first-order valence-electron chi connectivity index (χ1n) is 18.0. The molecule has 5 heterocycles. The van der Waals surface area contributed by atoms with Crippen molar-refractivity contribution >= 4 is 104 Å². The molecule has 0 radical (unpaired) electrons. The summed E-state index contributed by atoms with van der Waals surface area (Å²) >= 11 is 0. The lowest BCUT2D eigenvalue weighted by Gasteiger charge is -2.15. The molecule has 8 aromatic carbocycles. The van der Waals surface area contributed by atoms with Crippen LogP contribution in [0.5, 0.6) is 0 Å². The van der Waals surface area contributed by atoms with Crippen molar-refractivity contribution in [1.82, 2.24) is 18.9 Å². The predicted octanol–water partition coefficient (Wildman–Crippen LogP) is 12.6. The van der Waals surface area contributed by atoms with Crippen LogP contribution in [0.2, 0.25) is 0 Å². The molecule has 0 fully saturated rings. The first kappa shape index (κ1) is 27.5. The average molecular weight is 675 g/mol. The van der Waals surface area contributed by atoms with E-state index in [1.54, 1.807) is 0 Å². The normalized spacial score (nSPS) is 12.5. The number of para-hydroxylation sites is 2. The number of fused-ring (bicyclic) bond motifs is 12. The Morgan fingerprint density at radius 3 is 2.06 bits per heavy atom. The SMILES string of the molecule is c1ccc(-c2nc3ccc4ccccc4c3nc2-n2c3cccc4c5cccc6c7c8oc9ccccc9c8ccc7n(c7cccc2c7c43)c56)cc1. The van der Waals surface area contributed by atoms with Crippen molar-refractivity contribution in [2.24, 2.45) is 0 Å². The summed E-state index contributed by atoms with van der Waals surface area (Å²) in [5, 5.41) is 11.6. The summed E-state index contributed by atoms with van der Waals surface area (Å²) in [4.78, 5) is 11.0. The number of aromatic nitrogens is 4. The topological polar surface area (TPSA) is 48.3 Å². The molecule has 0 unspecified atom stereocenters. The molecule has 5 heteroatoms. The van der Waals surface area contributed by atoms with Crippen molar-refractivity contribution in [3.63, 3.8) is 0 Å². The summed E-state index contributed by atoms with van der Waals surface area (Å²) in [6.07, 6.45) is 0. The molecule has 0 saturated carbocycles. The Morgan fingerprint density at radius 1 is 0.434 bits per heavy atom. The molecule has 0 saturated heterocycles. The number of hydrogen-bond donors (Lipinski definition) is 0. The minimum Gasteiger partial charge on any atom is -0.455 e. The van der Waals surface area contributed by atoms with Gasteiger partial charge in [-0.1, -0.05) is 115 Å². The Morgan fingerprint density at radius 2 is 1.13 bits per heavy atom. The lowest BCUT2D eigenvalue weighted by molar-refractivity contribution is 0.673. The molecule has 0 aliphatic carbocycles. The van der Waals surface area contributed by atoms with Gasteiger partial charge in [-0.25, -0.2) is 9.97 Å². The van der Waals surface area contributed by atoms with Gasteiger partial charge in [-0.05, 0) is 53.2 Å². The molecule has 244 valence electrons. The molecule has 0 amide bonds. The van der Waals surface area contributed by atoms with E-state index in [1.807, 2.05) is 6.07 Å². The van der Waals surface area contributed by atoms with Crippen molar-refractivity contribution < 1.29 is 4.42 Å². The molecule has 13 rings (SSSR count). The van der Waals surface area contributed by atoms with Gasteiger partial charge in [-0.3, -0.25) is 4.57 Å². The van der Waals surface area contributed by atoms with E-state index in [2.05, 4.69) is 161 Å². The van der Waals surface area contributed by atoms with E-state index in [-0.39, 0.29) is 0 Å². The number of benzene rings is 8. The van der Waals surface area contributed by atoms with Crippen LogP contribution in [0.4, 0.5) is 0 Å². The fourth-order valence-electron chi connectivity index (χ4n) is 9.25. The molecule has 0 bridgehead atoms. The summed E-state index contributed by atoms with van der Waals surface area (Å²) in [5.74, 6) is 0.815. The molecule has 53 heavy (non-hydrogen) atoms. The first-order valence-corrected chi connectivity index (χ1v) is 18.0. The van der Waals surface area contributed by atoms with E-state index < -0.39 is 0 Å². The van der Waals surface area contributed by atoms with Gasteiger partial charge in [0.1, 0.15) is 16.9 Å².